The zero-order chi connectivity index (χ0) is 14.1. The van der Waals surface area contributed by atoms with Gasteiger partial charge < -0.3 is 0 Å². The van der Waals surface area contributed by atoms with Gasteiger partial charge in [-0.3, -0.25) is 11.3 Å². The van der Waals surface area contributed by atoms with Gasteiger partial charge in [-0.1, -0.05) is 12.5 Å². The lowest BCUT2D eigenvalue weighted by Crippen LogP contribution is -2.39. The van der Waals surface area contributed by atoms with Crippen LogP contribution in [0.15, 0.2) is 18.2 Å². The third kappa shape index (κ3) is 2.86. The number of nitrogens with two attached hydrogens (primary N) is 1. The van der Waals surface area contributed by atoms with Crippen molar-refractivity contribution in [3.8, 4) is 0 Å². The van der Waals surface area contributed by atoms with E-state index in [1.807, 2.05) is 0 Å². The molecule has 3 N–H and O–H groups in total. The fourth-order valence-corrected chi connectivity index (χ4v) is 4.19. The molecule has 1 aromatic rings. The average Bonchev–Trinajstić information content (AvgIpc) is 3.03. The van der Waals surface area contributed by atoms with E-state index in [1.54, 1.807) is 0 Å². The predicted molar refractivity (Wildman–Crippen MR) is 74.7 cm³/mol. The van der Waals surface area contributed by atoms with E-state index in [9.17, 15) is 8.78 Å². The highest BCUT2D eigenvalue weighted by Gasteiger charge is 2.40. The highest BCUT2D eigenvalue weighted by Crippen LogP contribution is 2.49. The van der Waals surface area contributed by atoms with Crippen molar-refractivity contribution in [3.05, 3.63) is 35.4 Å². The molecule has 0 aliphatic heterocycles. The third-order valence-electron chi connectivity index (χ3n) is 5.19. The molecule has 110 valence electrons. The van der Waals surface area contributed by atoms with Gasteiger partial charge in [0.25, 0.3) is 0 Å². The Hall–Kier alpha value is -1.00. The lowest BCUT2D eigenvalue weighted by molar-refractivity contribution is 0.276. The summed E-state index contributed by atoms with van der Waals surface area (Å²) < 4.78 is 26.6. The van der Waals surface area contributed by atoms with Crippen LogP contribution in [-0.4, -0.2) is 6.04 Å². The van der Waals surface area contributed by atoms with Crippen molar-refractivity contribution in [2.45, 2.75) is 44.6 Å². The highest BCUT2D eigenvalue weighted by molar-refractivity contribution is 5.19. The molecule has 2 aliphatic rings. The molecule has 0 heterocycles. The van der Waals surface area contributed by atoms with Gasteiger partial charge in [0, 0.05) is 12.1 Å². The molecule has 4 unspecified atom stereocenters. The molecule has 0 amide bonds. The lowest BCUT2D eigenvalue weighted by Gasteiger charge is -2.26. The maximum atomic E-state index is 13.7. The molecule has 0 radical (unpaired) electrons. The molecule has 2 bridgehead atoms. The Labute approximate surface area is 118 Å². The molecule has 3 rings (SSSR count). The summed E-state index contributed by atoms with van der Waals surface area (Å²) >= 11 is 0. The molecule has 2 fully saturated rings. The second kappa shape index (κ2) is 5.78. The second-order valence-electron chi connectivity index (χ2n) is 6.47. The van der Waals surface area contributed by atoms with Crippen LogP contribution in [0.3, 0.4) is 0 Å². The van der Waals surface area contributed by atoms with Crippen molar-refractivity contribution >= 4 is 0 Å². The van der Waals surface area contributed by atoms with Crippen molar-refractivity contribution in [2.75, 3.05) is 0 Å². The molecule has 4 heteroatoms. The summed E-state index contributed by atoms with van der Waals surface area (Å²) in [6.45, 7) is 0. The predicted octanol–water partition coefficient (Wildman–Crippen LogP) is 3.17. The molecular weight excluding hydrogens is 258 g/mol. The van der Waals surface area contributed by atoms with Gasteiger partial charge in [-0.05, 0) is 61.5 Å². The number of nitrogens with one attached hydrogen (secondary N) is 1. The molecule has 0 saturated heterocycles. The molecule has 20 heavy (non-hydrogen) atoms. The number of hydrazine groups is 1. The summed E-state index contributed by atoms with van der Waals surface area (Å²) in [4.78, 5) is 0. The van der Waals surface area contributed by atoms with Crippen molar-refractivity contribution in [3.63, 3.8) is 0 Å². The number of fused-ring (bicyclic) bond motifs is 2. The molecule has 1 aromatic carbocycles. The number of hydrogen-bond acceptors (Lipinski definition) is 2. The number of benzene rings is 1. The first-order chi connectivity index (χ1) is 9.65. The summed E-state index contributed by atoms with van der Waals surface area (Å²) in [6.07, 6.45) is 6.92. The summed E-state index contributed by atoms with van der Waals surface area (Å²) in [5.74, 6) is 7.10. The minimum absolute atomic E-state index is 0.0688. The fourth-order valence-electron chi connectivity index (χ4n) is 4.19. The van der Waals surface area contributed by atoms with E-state index in [1.165, 1.54) is 37.8 Å². The zero-order valence-electron chi connectivity index (χ0n) is 11.6. The minimum Gasteiger partial charge on any atom is -0.271 e. The molecule has 0 aromatic heterocycles. The van der Waals surface area contributed by atoms with Crippen molar-refractivity contribution in [1.29, 1.82) is 0 Å². The average molecular weight is 280 g/mol. The minimum atomic E-state index is -0.531. The summed E-state index contributed by atoms with van der Waals surface area (Å²) in [5.41, 5.74) is 3.36. The van der Waals surface area contributed by atoms with E-state index in [-0.39, 0.29) is 6.04 Å². The van der Waals surface area contributed by atoms with Crippen LogP contribution in [0.4, 0.5) is 8.78 Å². The smallest absolute Gasteiger partial charge is 0.129 e. The van der Waals surface area contributed by atoms with E-state index in [2.05, 4.69) is 5.43 Å². The highest BCUT2D eigenvalue weighted by atomic mass is 19.1. The zero-order valence-corrected chi connectivity index (χ0v) is 11.6. The Morgan fingerprint density at radius 1 is 1.25 bits per heavy atom. The Morgan fingerprint density at radius 3 is 2.70 bits per heavy atom. The van der Waals surface area contributed by atoms with Gasteiger partial charge in [-0.25, -0.2) is 8.78 Å². The quantitative estimate of drug-likeness (QED) is 0.642. The van der Waals surface area contributed by atoms with Crippen LogP contribution in [0.25, 0.3) is 0 Å². The van der Waals surface area contributed by atoms with Gasteiger partial charge in [0.15, 0.2) is 0 Å². The van der Waals surface area contributed by atoms with Gasteiger partial charge in [-0.2, -0.15) is 0 Å². The monoisotopic (exact) mass is 280 g/mol. The summed E-state index contributed by atoms with van der Waals surface area (Å²) in [7, 11) is 0. The number of hydrogen-bond donors (Lipinski definition) is 2. The van der Waals surface area contributed by atoms with Crippen LogP contribution in [0.2, 0.25) is 0 Å². The fraction of sp³-hybridized carbons (Fsp3) is 0.625. The Balaban J connectivity index is 1.62. The van der Waals surface area contributed by atoms with Gasteiger partial charge >= 0.3 is 0 Å². The third-order valence-corrected chi connectivity index (χ3v) is 5.19. The molecule has 2 nitrogen and oxygen atoms in total. The van der Waals surface area contributed by atoms with Crippen LogP contribution >= 0.6 is 0 Å². The molecule has 2 aliphatic carbocycles. The van der Waals surface area contributed by atoms with Gasteiger partial charge in [0.1, 0.15) is 11.6 Å². The Morgan fingerprint density at radius 2 is 2.10 bits per heavy atom. The maximum Gasteiger partial charge on any atom is 0.129 e. The van der Waals surface area contributed by atoms with E-state index in [0.29, 0.717) is 12.0 Å². The van der Waals surface area contributed by atoms with E-state index < -0.39 is 11.6 Å². The largest absolute Gasteiger partial charge is 0.271 e. The summed E-state index contributed by atoms with van der Waals surface area (Å²) in [6, 6.07) is 3.85. The first kappa shape index (κ1) is 14.0. The van der Waals surface area contributed by atoms with E-state index >= 15 is 0 Å². The van der Waals surface area contributed by atoms with Crippen molar-refractivity contribution < 1.29 is 8.78 Å². The molecule has 0 spiro atoms. The first-order valence-electron chi connectivity index (χ1n) is 7.55. The first-order valence-corrected chi connectivity index (χ1v) is 7.55. The molecular formula is C16H22F2N2. The Bertz CT molecular complexity index is 478. The van der Waals surface area contributed by atoms with Crippen LogP contribution in [0, 0.1) is 29.4 Å². The summed E-state index contributed by atoms with van der Waals surface area (Å²) in [5, 5.41) is 0. The van der Waals surface area contributed by atoms with E-state index in [0.717, 1.165) is 30.2 Å². The SMILES string of the molecule is NNC(Cc1ccc(F)cc1F)CC1CC2CCC1C2. The van der Waals surface area contributed by atoms with Gasteiger partial charge in [0.2, 0.25) is 0 Å². The van der Waals surface area contributed by atoms with Crippen molar-refractivity contribution in [2.24, 2.45) is 23.6 Å². The number of rotatable bonds is 5. The van der Waals surface area contributed by atoms with Crippen LogP contribution in [0.1, 0.15) is 37.7 Å². The van der Waals surface area contributed by atoms with Crippen LogP contribution in [-0.2, 0) is 6.42 Å². The second-order valence-corrected chi connectivity index (χ2v) is 6.47. The maximum absolute atomic E-state index is 13.7. The standard InChI is InChI=1S/C16H22F2N2/c17-14-4-3-12(16(18)9-14)7-15(20-19)8-13-6-10-1-2-11(13)5-10/h3-4,9-11,13,15,20H,1-2,5-8,19H2. The van der Waals surface area contributed by atoms with E-state index in [4.69, 9.17) is 5.84 Å². The Kier molecular flexibility index (Phi) is 4.03. The molecule has 4 atom stereocenters. The lowest BCUT2D eigenvalue weighted by atomic mass is 9.83. The normalized spacial score (nSPS) is 29.9. The number of halogens is 2. The van der Waals surface area contributed by atoms with Crippen LogP contribution < -0.4 is 11.3 Å². The van der Waals surface area contributed by atoms with Gasteiger partial charge in [0.05, 0.1) is 0 Å². The van der Waals surface area contributed by atoms with Crippen LogP contribution in [0.5, 0.6) is 0 Å². The molecule has 2 saturated carbocycles. The van der Waals surface area contributed by atoms with Crippen molar-refractivity contribution in [1.82, 2.24) is 5.43 Å². The topological polar surface area (TPSA) is 38.0 Å². The van der Waals surface area contributed by atoms with Gasteiger partial charge in [-0.15, -0.1) is 0 Å².